The van der Waals surface area contributed by atoms with Gasteiger partial charge in [-0.3, -0.25) is 0 Å². The fourth-order valence-corrected chi connectivity index (χ4v) is 6.61. The van der Waals surface area contributed by atoms with Crippen LogP contribution >= 0.6 is 27.3 Å². The smallest absolute Gasteiger partial charge is 0.345 e. The molecule has 1 aromatic heterocycles. The van der Waals surface area contributed by atoms with E-state index in [1.54, 1.807) is 0 Å². The van der Waals surface area contributed by atoms with Crippen LogP contribution in [0, 0.1) is 5.41 Å². The van der Waals surface area contributed by atoms with Gasteiger partial charge in [-0.05, 0) is 46.7 Å². The number of carboxylic acids is 1. The van der Waals surface area contributed by atoms with E-state index in [0.29, 0.717) is 16.9 Å². The Morgan fingerprint density at radius 2 is 2.10 bits per heavy atom. The maximum atomic E-state index is 12.7. The van der Waals surface area contributed by atoms with Gasteiger partial charge in [0.15, 0.2) is 0 Å². The molecule has 0 aromatic carbocycles. The molecule has 0 saturated carbocycles. The van der Waals surface area contributed by atoms with E-state index in [1.807, 2.05) is 0 Å². The molecular weight excluding hydrogens is 378 g/mol. The van der Waals surface area contributed by atoms with Crippen molar-refractivity contribution in [2.75, 3.05) is 13.1 Å². The summed E-state index contributed by atoms with van der Waals surface area (Å²) in [5, 5.41) is 8.99. The van der Waals surface area contributed by atoms with E-state index < -0.39 is 16.0 Å². The van der Waals surface area contributed by atoms with Crippen molar-refractivity contribution in [1.82, 2.24) is 4.31 Å². The molecule has 5 nitrogen and oxygen atoms in total. The largest absolute Gasteiger partial charge is 0.477 e. The van der Waals surface area contributed by atoms with Gasteiger partial charge in [-0.1, -0.05) is 13.8 Å². The molecule has 21 heavy (non-hydrogen) atoms. The summed E-state index contributed by atoms with van der Waals surface area (Å²) in [5.41, 5.74) is 0.0468. The van der Waals surface area contributed by atoms with Gasteiger partial charge in [0.25, 0.3) is 0 Å². The minimum Gasteiger partial charge on any atom is -0.477 e. The van der Waals surface area contributed by atoms with Crippen LogP contribution < -0.4 is 0 Å². The van der Waals surface area contributed by atoms with Gasteiger partial charge in [-0.2, -0.15) is 4.31 Å². The van der Waals surface area contributed by atoms with Crippen molar-refractivity contribution in [3.8, 4) is 0 Å². The fourth-order valence-electron chi connectivity index (χ4n) is 2.70. The molecule has 1 saturated heterocycles. The summed E-state index contributed by atoms with van der Waals surface area (Å²) in [4.78, 5) is 11.1. The van der Waals surface area contributed by atoms with E-state index >= 15 is 0 Å². The van der Waals surface area contributed by atoms with Crippen molar-refractivity contribution in [2.45, 2.75) is 38.0 Å². The third kappa shape index (κ3) is 3.04. The van der Waals surface area contributed by atoms with Crippen LogP contribution in [0.2, 0.25) is 0 Å². The van der Waals surface area contributed by atoms with Crippen LogP contribution in [0.15, 0.2) is 14.7 Å². The first-order valence-corrected chi connectivity index (χ1v) is 9.83. The highest BCUT2D eigenvalue weighted by molar-refractivity contribution is 9.11. The molecule has 2 rings (SSSR count). The second kappa shape index (κ2) is 5.98. The minimum absolute atomic E-state index is 0.0249. The molecule has 0 spiro atoms. The van der Waals surface area contributed by atoms with E-state index in [4.69, 9.17) is 5.11 Å². The Kier molecular flexibility index (Phi) is 4.82. The number of nitrogens with zero attached hydrogens (tertiary/aromatic N) is 1. The Labute approximate surface area is 137 Å². The maximum absolute atomic E-state index is 12.7. The number of hydrogen-bond acceptors (Lipinski definition) is 4. The Morgan fingerprint density at radius 3 is 2.52 bits per heavy atom. The summed E-state index contributed by atoms with van der Waals surface area (Å²) in [6.45, 7) is 5.17. The zero-order valence-electron chi connectivity index (χ0n) is 11.9. The number of sulfonamides is 1. The van der Waals surface area contributed by atoms with Crippen LogP contribution in [0.4, 0.5) is 0 Å². The van der Waals surface area contributed by atoms with Crippen LogP contribution in [-0.2, 0) is 10.0 Å². The summed E-state index contributed by atoms with van der Waals surface area (Å²) in [5.74, 6) is -1.11. The fraction of sp³-hybridized carbons (Fsp3) is 0.615. The summed E-state index contributed by atoms with van der Waals surface area (Å²) in [6, 6.07) is 1.24. The van der Waals surface area contributed by atoms with E-state index in [-0.39, 0.29) is 15.2 Å². The van der Waals surface area contributed by atoms with E-state index in [1.165, 1.54) is 10.4 Å². The zero-order chi connectivity index (χ0) is 15.8. The van der Waals surface area contributed by atoms with Gasteiger partial charge >= 0.3 is 5.97 Å². The lowest BCUT2D eigenvalue weighted by atomic mass is 9.82. The third-order valence-electron chi connectivity index (χ3n) is 4.39. The number of rotatable bonds is 5. The number of carbonyl (C=O) groups is 1. The van der Waals surface area contributed by atoms with E-state index in [9.17, 15) is 13.2 Å². The van der Waals surface area contributed by atoms with Crippen LogP contribution in [0.5, 0.6) is 0 Å². The molecule has 118 valence electrons. The lowest BCUT2D eigenvalue weighted by molar-refractivity contribution is 0.0702. The highest BCUT2D eigenvalue weighted by atomic mass is 79.9. The summed E-state index contributed by atoms with van der Waals surface area (Å²) in [6.07, 6.45) is 2.74. The first kappa shape index (κ1) is 16.9. The predicted octanol–water partition coefficient (Wildman–Crippen LogP) is 3.41. The lowest BCUT2D eigenvalue weighted by Gasteiger charge is -2.26. The average molecular weight is 396 g/mol. The van der Waals surface area contributed by atoms with Crippen LogP contribution in [0.3, 0.4) is 0 Å². The standard InChI is InChI=1S/C13H18BrNO4S2/c1-3-13(4-2)5-6-15(8-13)21(18,19)10-7-9(12(16)17)20-11(10)14/h7H,3-6,8H2,1-2H3,(H,16,17). The average Bonchev–Trinajstić information content (AvgIpc) is 3.03. The molecule has 2 heterocycles. The topological polar surface area (TPSA) is 74.7 Å². The van der Waals surface area contributed by atoms with Crippen molar-refractivity contribution in [1.29, 1.82) is 0 Å². The van der Waals surface area contributed by atoms with E-state index in [0.717, 1.165) is 30.6 Å². The molecule has 1 fully saturated rings. The molecule has 0 unspecified atom stereocenters. The highest BCUT2D eigenvalue weighted by Gasteiger charge is 2.41. The number of thiophene rings is 1. The first-order chi connectivity index (χ1) is 9.75. The van der Waals surface area contributed by atoms with Gasteiger partial charge < -0.3 is 5.11 Å². The molecule has 1 aliphatic heterocycles. The molecule has 0 bridgehead atoms. The molecule has 1 N–H and O–H groups in total. The third-order valence-corrected chi connectivity index (χ3v) is 8.47. The first-order valence-electron chi connectivity index (χ1n) is 6.78. The van der Waals surface area contributed by atoms with Crippen molar-refractivity contribution in [2.24, 2.45) is 5.41 Å². The minimum atomic E-state index is -3.64. The normalized spacial score (nSPS) is 19.0. The zero-order valence-corrected chi connectivity index (χ0v) is 15.1. The number of carboxylic acid groups (broad SMARTS) is 1. The molecule has 0 radical (unpaired) electrons. The maximum Gasteiger partial charge on any atom is 0.345 e. The summed E-state index contributed by atoms with van der Waals surface area (Å²) < 4.78 is 27.3. The Hall–Kier alpha value is -0.440. The van der Waals surface area contributed by atoms with Crippen LogP contribution in [0.1, 0.15) is 42.8 Å². The van der Waals surface area contributed by atoms with Gasteiger partial charge in [-0.25, -0.2) is 13.2 Å². The molecule has 1 aliphatic rings. The molecular formula is C13H18BrNO4S2. The molecule has 1 aromatic rings. The second-order valence-corrected chi connectivity index (χ2v) is 9.63. The van der Waals surface area contributed by atoms with Crippen molar-refractivity contribution >= 4 is 43.3 Å². The summed E-state index contributed by atoms with van der Waals surface area (Å²) >= 11 is 4.11. The number of hydrogen-bond donors (Lipinski definition) is 1. The Morgan fingerprint density at radius 1 is 1.48 bits per heavy atom. The number of halogens is 1. The Bertz CT molecular complexity index is 649. The monoisotopic (exact) mass is 395 g/mol. The molecule has 0 aliphatic carbocycles. The second-order valence-electron chi connectivity index (χ2n) is 5.35. The van der Waals surface area contributed by atoms with Crippen molar-refractivity contribution in [3.63, 3.8) is 0 Å². The van der Waals surface area contributed by atoms with Gasteiger partial charge in [0.1, 0.15) is 9.77 Å². The van der Waals surface area contributed by atoms with Gasteiger partial charge in [0.2, 0.25) is 10.0 Å². The molecule has 0 amide bonds. The van der Waals surface area contributed by atoms with Gasteiger partial charge in [0, 0.05) is 13.1 Å². The highest BCUT2D eigenvalue weighted by Crippen LogP contribution is 2.41. The Balaban J connectivity index is 2.34. The SMILES string of the molecule is CCC1(CC)CCN(S(=O)(=O)c2cc(C(=O)O)sc2Br)C1. The summed E-state index contributed by atoms with van der Waals surface area (Å²) in [7, 11) is -3.64. The molecule has 0 atom stereocenters. The van der Waals surface area contributed by atoms with Gasteiger partial charge in [0.05, 0.1) is 3.79 Å². The molecule has 8 heteroatoms. The van der Waals surface area contributed by atoms with E-state index in [2.05, 4.69) is 29.8 Å². The van der Waals surface area contributed by atoms with Crippen molar-refractivity contribution in [3.05, 3.63) is 14.7 Å². The van der Waals surface area contributed by atoms with Gasteiger partial charge in [-0.15, -0.1) is 11.3 Å². The van der Waals surface area contributed by atoms with Crippen molar-refractivity contribution < 1.29 is 18.3 Å². The van der Waals surface area contributed by atoms with Crippen LogP contribution in [-0.4, -0.2) is 36.9 Å². The number of aromatic carboxylic acids is 1. The van der Waals surface area contributed by atoms with Crippen LogP contribution in [0.25, 0.3) is 0 Å². The predicted molar refractivity (Wildman–Crippen MR) is 85.4 cm³/mol. The lowest BCUT2D eigenvalue weighted by Crippen LogP contribution is -2.31. The quantitative estimate of drug-likeness (QED) is 0.828.